The van der Waals surface area contributed by atoms with Gasteiger partial charge in [-0.25, -0.2) is 15.0 Å². The molecule has 218 valence electrons. The number of hydrogen-bond acceptors (Lipinski definition) is 9. The smallest absolute Gasteiger partial charge is 0.272 e. The second kappa shape index (κ2) is 9.85. The topological polar surface area (TPSA) is 119 Å². The fraction of sp³-hybridized carbons (Fsp3) is 0.206. The summed E-state index contributed by atoms with van der Waals surface area (Å²) in [5, 5.41) is 0. The van der Waals surface area contributed by atoms with Gasteiger partial charge in [-0.05, 0) is 42.0 Å². The zero-order chi connectivity index (χ0) is 30.0. The van der Waals surface area contributed by atoms with Crippen molar-refractivity contribution in [1.82, 2.24) is 24.4 Å². The summed E-state index contributed by atoms with van der Waals surface area (Å²) in [6.45, 7) is 4.28. The Balaban J connectivity index is 1.04. The number of nitrogen functional groups attached to an aromatic ring is 1. The minimum Gasteiger partial charge on any atom is -0.491 e. The van der Waals surface area contributed by atoms with Gasteiger partial charge in [0.2, 0.25) is 0 Å². The number of nitrogens with two attached hydrogens (primary N) is 1. The van der Waals surface area contributed by atoms with Gasteiger partial charge < -0.3 is 15.4 Å². The number of likely N-dealkylation sites (tertiary alicyclic amines) is 1. The molecule has 0 unspecified atom stereocenters. The van der Waals surface area contributed by atoms with Gasteiger partial charge in [0, 0.05) is 55.6 Å². The maximum atomic E-state index is 12.0. The molecule has 2 aliphatic heterocycles. The van der Waals surface area contributed by atoms with Gasteiger partial charge in [0.1, 0.15) is 17.0 Å². The molecule has 2 N–H and O–H groups in total. The first-order valence-corrected chi connectivity index (χ1v) is 14.5. The van der Waals surface area contributed by atoms with Crippen LogP contribution in [0.15, 0.2) is 94.6 Å². The van der Waals surface area contributed by atoms with Crippen LogP contribution in [0.2, 0.25) is 0 Å². The predicted octanol–water partition coefficient (Wildman–Crippen LogP) is 3.66. The lowest BCUT2D eigenvalue weighted by Gasteiger charge is -2.61. The van der Waals surface area contributed by atoms with Crippen molar-refractivity contribution < 1.29 is 4.74 Å². The largest absolute Gasteiger partial charge is 0.491 e. The third-order valence-electron chi connectivity index (χ3n) is 8.79. The third kappa shape index (κ3) is 4.10. The van der Waals surface area contributed by atoms with Gasteiger partial charge in [-0.2, -0.15) is 0 Å². The predicted molar refractivity (Wildman–Crippen MR) is 170 cm³/mol. The van der Waals surface area contributed by atoms with E-state index < -0.39 is 10.9 Å². The molecular weight excluding hydrogens is 554 g/mol. The average molecular weight is 584 g/mol. The zero-order valence-electron chi connectivity index (χ0n) is 24.1. The van der Waals surface area contributed by atoms with E-state index in [4.69, 9.17) is 20.4 Å². The van der Waals surface area contributed by atoms with Crippen molar-refractivity contribution in [2.45, 2.75) is 6.54 Å². The maximum Gasteiger partial charge on any atom is 0.272 e. The summed E-state index contributed by atoms with van der Waals surface area (Å²) in [5.41, 5.74) is 12.3. The highest BCUT2D eigenvalue weighted by atomic mass is 16.5. The summed E-state index contributed by atoms with van der Waals surface area (Å²) in [6, 6.07) is 26.4. The minimum absolute atomic E-state index is 0.168. The minimum atomic E-state index is -0.519. The normalized spacial score (nSPS) is 15.9. The molecule has 5 heterocycles. The molecule has 3 aromatic heterocycles. The van der Waals surface area contributed by atoms with Gasteiger partial charge in [0.15, 0.2) is 17.2 Å². The molecule has 8 rings (SSSR count). The van der Waals surface area contributed by atoms with Crippen LogP contribution < -0.4 is 26.2 Å². The van der Waals surface area contributed by atoms with Gasteiger partial charge in [-0.1, -0.05) is 42.5 Å². The molecule has 0 radical (unpaired) electrons. The molecule has 3 aromatic carbocycles. The lowest BCUT2D eigenvalue weighted by atomic mass is 9.72. The van der Waals surface area contributed by atoms with Gasteiger partial charge >= 0.3 is 0 Å². The molecule has 0 atom stereocenters. The molecular formula is C34H29N7O3. The van der Waals surface area contributed by atoms with Crippen molar-refractivity contribution in [1.29, 1.82) is 0 Å². The first-order valence-electron chi connectivity index (χ1n) is 14.5. The molecule has 2 saturated heterocycles. The van der Waals surface area contributed by atoms with Gasteiger partial charge in [-0.3, -0.25) is 19.1 Å². The number of benzene rings is 2. The summed E-state index contributed by atoms with van der Waals surface area (Å²) in [7, 11) is 1.44. The van der Waals surface area contributed by atoms with E-state index in [9.17, 15) is 9.59 Å². The molecule has 0 saturated carbocycles. The van der Waals surface area contributed by atoms with Crippen LogP contribution in [-0.2, 0) is 6.54 Å². The molecule has 10 nitrogen and oxygen atoms in total. The van der Waals surface area contributed by atoms with E-state index in [1.54, 1.807) is 6.20 Å². The number of nitrogens with zero attached hydrogens (tertiary/aromatic N) is 6. The Morgan fingerprint density at radius 1 is 0.864 bits per heavy atom. The van der Waals surface area contributed by atoms with Crippen LogP contribution in [0.25, 0.3) is 39.5 Å². The number of hydrogen-bond donors (Lipinski definition) is 1. The van der Waals surface area contributed by atoms with Crippen molar-refractivity contribution in [2.75, 3.05) is 43.9 Å². The lowest BCUT2D eigenvalue weighted by Crippen LogP contribution is -2.73. The molecule has 0 aliphatic carbocycles. The summed E-state index contributed by atoms with van der Waals surface area (Å²) in [4.78, 5) is 42.4. The zero-order valence-corrected chi connectivity index (χ0v) is 24.1. The van der Waals surface area contributed by atoms with Crippen molar-refractivity contribution >= 4 is 22.7 Å². The molecule has 44 heavy (non-hydrogen) atoms. The first-order chi connectivity index (χ1) is 21.4. The molecule has 6 aromatic rings. The summed E-state index contributed by atoms with van der Waals surface area (Å²) in [5.74, 6) is 1.30. The monoisotopic (exact) mass is 583 g/mol. The van der Waals surface area contributed by atoms with Crippen LogP contribution in [0, 0.1) is 5.41 Å². The molecule has 10 heteroatoms. The van der Waals surface area contributed by atoms with Gasteiger partial charge in [0.05, 0.1) is 18.4 Å². The molecule has 1 spiro atoms. The number of methoxy groups -OCH3 is 1. The van der Waals surface area contributed by atoms with Crippen LogP contribution in [-0.4, -0.2) is 57.7 Å². The second-order valence-corrected chi connectivity index (χ2v) is 11.8. The fourth-order valence-corrected chi connectivity index (χ4v) is 6.74. The van der Waals surface area contributed by atoms with Gasteiger partial charge in [-0.15, -0.1) is 0 Å². The van der Waals surface area contributed by atoms with Crippen LogP contribution >= 0.6 is 0 Å². The maximum absolute atomic E-state index is 12.0. The highest BCUT2D eigenvalue weighted by Gasteiger charge is 2.53. The van der Waals surface area contributed by atoms with E-state index in [0.29, 0.717) is 17.3 Å². The number of pyridine rings is 2. The number of ether oxygens (including phenoxy) is 1. The highest BCUT2D eigenvalue weighted by molar-refractivity contribution is 5.84. The first kappa shape index (κ1) is 26.3. The average Bonchev–Trinajstić information content (AvgIpc) is 3.40. The Labute approximate surface area is 252 Å². The Morgan fingerprint density at radius 3 is 2.36 bits per heavy atom. The van der Waals surface area contributed by atoms with Crippen molar-refractivity contribution in [3.05, 3.63) is 111 Å². The van der Waals surface area contributed by atoms with E-state index >= 15 is 0 Å². The lowest BCUT2D eigenvalue weighted by molar-refractivity contribution is -0.0276. The number of anilines is 2. The van der Waals surface area contributed by atoms with E-state index in [2.05, 4.69) is 38.7 Å². The standard InChI is InChI=1S/C34H29N7O3/c1-44-30-27(28(42)29(30)43)40-19-34(20-40)17-39(18-34)16-21-9-11-23(12-10-21)41-32(24-8-5-15-36-31(24)35)38-26-14-13-25(37-33(26)41)22-6-3-2-4-7-22/h2-15H,16-20H2,1H3,(H2,35,36). The second-order valence-electron chi connectivity index (χ2n) is 11.8. The number of fused-ring (bicyclic) bond motifs is 1. The Kier molecular flexibility index (Phi) is 5.89. The Hall–Kier alpha value is -5.35. The number of rotatable bonds is 7. The van der Waals surface area contributed by atoms with Crippen LogP contribution in [0.1, 0.15) is 5.56 Å². The summed E-state index contributed by atoms with van der Waals surface area (Å²) in [6.07, 6.45) is 1.68. The van der Waals surface area contributed by atoms with E-state index in [0.717, 1.165) is 66.4 Å². The van der Waals surface area contributed by atoms with Crippen molar-refractivity contribution in [3.63, 3.8) is 0 Å². The van der Waals surface area contributed by atoms with Crippen molar-refractivity contribution in [2.24, 2.45) is 5.41 Å². The molecule has 2 fully saturated rings. The van der Waals surface area contributed by atoms with Crippen molar-refractivity contribution in [3.8, 4) is 34.1 Å². The third-order valence-corrected chi connectivity index (χ3v) is 8.79. The Morgan fingerprint density at radius 2 is 1.64 bits per heavy atom. The summed E-state index contributed by atoms with van der Waals surface area (Å²) < 4.78 is 7.17. The number of imidazole rings is 1. The van der Waals surface area contributed by atoms with Gasteiger partial charge in [0.25, 0.3) is 10.9 Å². The van der Waals surface area contributed by atoms with Crippen LogP contribution in [0.4, 0.5) is 11.5 Å². The Bertz CT molecular complexity index is 2100. The van der Waals surface area contributed by atoms with Crippen LogP contribution in [0.3, 0.4) is 0 Å². The fourth-order valence-electron chi connectivity index (χ4n) is 6.74. The SMILES string of the molecule is COc1c(N2CC3(CN(Cc4ccc(-n5c(-c6cccnc6N)nc6ccc(-c7ccccc7)nc65)cc4)C3)C2)c(=O)c1=O. The summed E-state index contributed by atoms with van der Waals surface area (Å²) >= 11 is 0. The van der Waals surface area contributed by atoms with E-state index in [1.807, 2.05) is 59.5 Å². The molecule has 0 amide bonds. The number of aromatic nitrogens is 4. The quantitative estimate of drug-likeness (QED) is 0.281. The van der Waals surface area contributed by atoms with Crippen LogP contribution in [0.5, 0.6) is 5.75 Å². The van der Waals surface area contributed by atoms with E-state index in [-0.39, 0.29) is 11.2 Å². The molecule has 0 bridgehead atoms. The highest BCUT2D eigenvalue weighted by Crippen LogP contribution is 2.43. The van der Waals surface area contributed by atoms with E-state index in [1.165, 1.54) is 12.7 Å². The molecule has 2 aliphatic rings.